The van der Waals surface area contributed by atoms with Crippen molar-refractivity contribution in [3.05, 3.63) is 58.4 Å². The molecule has 2 N–H and O–H groups in total. The highest BCUT2D eigenvalue weighted by atomic mass is 19.1. The number of ether oxygens (including phenoxy) is 1. The van der Waals surface area contributed by atoms with Gasteiger partial charge in [0.1, 0.15) is 17.4 Å². The van der Waals surface area contributed by atoms with Gasteiger partial charge in [0.05, 0.1) is 19.3 Å². The van der Waals surface area contributed by atoms with Crippen LogP contribution in [-0.4, -0.2) is 25.1 Å². The zero-order chi connectivity index (χ0) is 18.4. The number of nitrogens with one attached hydrogen (secondary N) is 2. The SMILES string of the molecule is CN=C(NCc1cc(F)ccc1F)NCc1ncc(C)c(OC)c1C. The van der Waals surface area contributed by atoms with Crippen LogP contribution in [0.2, 0.25) is 0 Å². The Morgan fingerprint density at radius 1 is 1.20 bits per heavy atom. The molecule has 0 atom stereocenters. The molecule has 1 aromatic carbocycles. The third-order valence-corrected chi connectivity index (χ3v) is 3.85. The molecule has 25 heavy (non-hydrogen) atoms. The van der Waals surface area contributed by atoms with Gasteiger partial charge >= 0.3 is 0 Å². The van der Waals surface area contributed by atoms with Crippen molar-refractivity contribution in [2.75, 3.05) is 14.2 Å². The number of methoxy groups -OCH3 is 1. The molecule has 0 spiro atoms. The zero-order valence-corrected chi connectivity index (χ0v) is 14.8. The monoisotopic (exact) mass is 348 g/mol. The minimum Gasteiger partial charge on any atom is -0.496 e. The van der Waals surface area contributed by atoms with Crippen LogP contribution in [0.3, 0.4) is 0 Å². The maximum Gasteiger partial charge on any atom is 0.191 e. The van der Waals surface area contributed by atoms with Gasteiger partial charge in [-0.2, -0.15) is 0 Å². The van der Waals surface area contributed by atoms with Crippen LogP contribution in [0, 0.1) is 25.5 Å². The fourth-order valence-corrected chi connectivity index (χ4v) is 2.50. The summed E-state index contributed by atoms with van der Waals surface area (Å²) in [5.74, 6) is 0.318. The molecule has 0 unspecified atom stereocenters. The smallest absolute Gasteiger partial charge is 0.191 e. The molecule has 1 heterocycles. The molecule has 0 saturated carbocycles. The summed E-state index contributed by atoms with van der Waals surface area (Å²) < 4.78 is 32.3. The summed E-state index contributed by atoms with van der Waals surface area (Å²) >= 11 is 0. The van der Waals surface area contributed by atoms with E-state index in [1.54, 1.807) is 20.4 Å². The van der Waals surface area contributed by atoms with Gasteiger partial charge in [-0.05, 0) is 32.0 Å². The second kappa shape index (κ2) is 8.41. The molecule has 2 rings (SSSR count). The van der Waals surface area contributed by atoms with E-state index in [2.05, 4.69) is 20.6 Å². The fourth-order valence-electron chi connectivity index (χ4n) is 2.50. The predicted octanol–water partition coefficient (Wildman–Crippen LogP) is 2.85. The molecule has 0 amide bonds. The Bertz CT molecular complexity index is 778. The number of hydrogen-bond acceptors (Lipinski definition) is 3. The van der Waals surface area contributed by atoms with E-state index in [1.165, 1.54) is 0 Å². The zero-order valence-electron chi connectivity index (χ0n) is 14.8. The first-order valence-corrected chi connectivity index (χ1v) is 7.83. The van der Waals surface area contributed by atoms with E-state index >= 15 is 0 Å². The van der Waals surface area contributed by atoms with Crippen LogP contribution in [0.4, 0.5) is 8.78 Å². The van der Waals surface area contributed by atoms with E-state index in [4.69, 9.17) is 4.74 Å². The van der Waals surface area contributed by atoms with Gasteiger partial charge in [-0.15, -0.1) is 0 Å². The van der Waals surface area contributed by atoms with Crippen LogP contribution in [0.1, 0.15) is 22.4 Å². The molecular formula is C18H22F2N4O. The number of nitrogens with zero attached hydrogens (tertiary/aromatic N) is 2. The highest BCUT2D eigenvalue weighted by Crippen LogP contribution is 2.23. The standard InChI is InChI=1S/C18H22F2N4O/c1-11-8-22-16(12(2)17(11)25-4)10-24-18(21-3)23-9-13-7-14(19)5-6-15(13)20/h5-8H,9-10H2,1-4H3,(H2,21,23,24). The lowest BCUT2D eigenvalue weighted by Gasteiger charge is -2.15. The first-order valence-electron chi connectivity index (χ1n) is 7.83. The van der Waals surface area contributed by atoms with Gasteiger partial charge in [-0.25, -0.2) is 8.78 Å². The van der Waals surface area contributed by atoms with Crippen LogP contribution in [0.25, 0.3) is 0 Å². The quantitative estimate of drug-likeness (QED) is 0.644. The molecular weight excluding hydrogens is 326 g/mol. The first-order chi connectivity index (χ1) is 12.0. The fraction of sp³-hybridized carbons (Fsp3) is 0.333. The van der Waals surface area contributed by atoms with Crippen LogP contribution in [0.15, 0.2) is 29.4 Å². The molecule has 0 radical (unpaired) electrons. The number of aryl methyl sites for hydroxylation is 1. The van der Waals surface area contributed by atoms with Crippen LogP contribution in [0.5, 0.6) is 5.75 Å². The molecule has 0 fully saturated rings. The van der Waals surface area contributed by atoms with Crippen molar-refractivity contribution in [2.45, 2.75) is 26.9 Å². The lowest BCUT2D eigenvalue weighted by Crippen LogP contribution is -2.36. The summed E-state index contributed by atoms with van der Waals surface area (Å²) in [5, 5.41) is 6.06. The van der Waals surface area contributed by atoms with Crippen molar-refractivity contribution in [1.82, 2.24) is 15.6 Å². The van der Waals surface area contributed by atoms with Crippen LogP contribution in [-0.2, 0) is 13.1 Å². The molecule has 2 aromatic rings. The number of guanidine groups is 1. The summed E-state index contributed by atoms with van der Waals surface area (Å²) in [5.41, 5.74) is 2.96. The molecule has 0 aliphatic rings. The number of benzene rings is 1. The molecule has 0 bridgehead atoms. The largest absolute Gasteiger partial charge is 0.496 e. The van der Waals surface area contributed by atoms with E-state index in [1.807, 2.05) is 13.8 Å². The second-order valence-corrected chi connectivity index (χ2v) is 5.56. The Kier molecular flexibility index (Phi) is 6.27. The maximum absolute atomic E-state index is 13.7. The number of aliphatic imine (C=N–C) groups is 1. The Hall–Kier alpha value is -2.70. The van der Waals surface area contributed by atoms with E-state index in [0.717, 1.165) is 40.8 Å². The first kappa shape index (κ1) is 18.6. The van der Waals surface area contributed by atoms with Crippen molar-refractivity contribution in [3.63, 3.8) is 0 Å². The number of pyridine rings is 1. The highest BCUT2D eigenvalue weighted by Gasteiger charge is 2.10. The summed E-state index contributed by atoms with van der Waals surface area (Å²) in [6, 6.07) is 3.35. The topological polar surface area (TPSA) is 58.5 Å². The van der Waals surface area contributed by atoms with Crippen molar-refractivity contribution < 1.29 is 13.5 Å². The normalized spacial score (nSPS) is 11.4. The van der Waals surface area contributed by atoms with E-state index in [-0.39, 0.29) is 12.1 Å². The van der Waals surface area contributed by atoms with Crippen molar-refractivity contribution in [2.24, 2.45) is 4.99 Å². The van der Waals surface area contributed by atoms with Gasteiger partial charge in [-0.1, -0.05) is 0 Å². The van der Waals surface area contributed by atoms with Crippen molar-refractivity contribution in [3.8, 4) is 5.75 Å². The summed E-state index contributed by atoms with van der Waals surface area (Å²) in [6.45, 7) is 4.42. The minimum absolute atomic E-state index is 0.118. The Balaban J connectivity index is 2.00. The summed E-state index contributed by atoms with van der Waals surface area (Å²) in [6.07, 6.45) is 1.75. The Morgan fingerprint density at radius 2 is 1.92 bits per heavy atom. The average Bonchev–Trinajstić information content (AvgIpc) is 2.59. The molecule has 7 heteroatoms. The maximum atomic E-state index is 13.7. The molecule has 0 saturated heterocycles. The van der Waals surface area contributed by atoms with Gasteiger partial charge in [0, 0.05) is 36.5 Å². The third kappa shape index (κ3) is 4.65. The van der Waals surface area contributed by atoms with E-state index < -0.39 is 11.6 Å². The molecule has 134 valence electrons. The lowest BCUT2D eigenvalue weighted by atomic mass is 10.1. The van der Waals surface area contributed by atoms with Gasteiger partial charge in [0.25, 0.3) is 0 Å². The number of halogens is 2. The summed E-state index contributed by atoms with van der Waals surface area (Å²) in [4.78, 5) is 8.48. The van der Waals surface area contributed by atoms with E-state index in [0.29, 0.717) is 12.5 Å². The summed E-state index contributed by atoms with van der Waals surface area (Å²) in [7, 11) is 3.23. The number of aromatic nitrogens is 1. The van der Waals surface area contributed by atoms with Crippen molar-refractivity contribution in [1.29, 1.82) is 0 Å². The molecule has 5 nitrogen and oxygen atoms in total. The third-order valence-electron chi connectivity index (χ3n) is 3.85. The predicted molar refractivity (Wildman–Crippen MR) is 93.7 cm³/mol. The van der Waals surface area contributed by atoms with Gasteiger partial charge < -0.3 is 15.4 Å². The minimum atomic E-state index is -0.479. The molecule has 0 aliphatic carbocycles. The average molecular weight is 348 g/mol. The number of hydrogen-bond donors (Lipinski definition) is 2. The Labute approximate surface area is 146 Å². The molecule has 1 aromatic heterocycles. The van der Waals surface area contributed by atoms with Crippen LogP contribution < -0.4 is 15.4 Å². The molecule has 0 aliphatic heterocycles. The van der Waals surface area contributed by atoms with Gasteiger partial charge in [0.2, 0.25) is 0 Å². The highest BCUT2D eigenvalue weighted by molar-refractivity contribution is 5.79. The lowest BCUT2D eigenvalue weighted by molar-refractivity contribution is 0.406. The second-order valence-electron chi connectivity index (χ2n) is 5.56. The van der Waals surface area contributed by atoms with Crippen molar-refractivity contribution >= 4 is 5.96 Å². The van der Waals surface area contributed by atoms with Gasteiger partial charge in [0.15, 0.2) is 5.96 Å². The number of rotatable bonds is 5. The van der Waals surface area contributed by atoms with Crippen LogP contribution >= 0.6 is 0 Å². The van der Waals surface area contributed by atoms with Gasteiger partial charge in [-0.3, -0.25) is 9.98 Å². The Morgan fingerprint density at radius 3 is 2.60 bits per heavy atom. The van der Waals surface area contributed by atoms with E-state index in [9.17, 15) is 8.78 Å².